The van der Waals surface area contributed by atoms with Crippen molar-refractivity contribution in [2.45, 2.75) is 65.5 Å². The number of hydrogen-bond acceptors (Lipinski definition) is 3. The molecule has 0 unspecified atom stereocenters. The summed E-state index contributed by atoms with van der Waals surface area (Å²) in [6.07, 6.45) is 2.27. The fourth-order valence-electron chi connectivity index (χ4n) is 2.15. The molecule has 1 rings (SSSR count). The van der Waals surface area contributed by atoms with Gasteiger partial charge in [0.1, 0.15) is 5.60 Å². The third-order valence-electron chi connectivity index (χ3n) is 3.44. The van der Waals surface area contributed by atoms with Gasteiger partial charge in [-0.1, -0.05) is 6.92 Å². The number of piperidine rings is 1. The zero-order chi connectivity index (χ0) is 15.3. The van der Waals surface area contributed by atoms with Crippen molar-refractivity contribution >= 4 is 12.0 Å². The van der Waals surface area contributed by atoms with Crippen LogP contribution in [0.5, 0.6) is 0 Å². The van der Waals surface area contributed by atoms with E-state index in [1.165, 1.54) is 0 Å². The summed E-state index contributed by atoms with van der Waals surface area (Å²) in [6, 6.07) is 0.180. The van der Waals surface area contributed by atoms with Crippen molar-refractivity contribution in [2.24, 2.45) is 5.92 Å². The minimum Gasteiger partial charge on any atom is -0.444 e. The molecule has 0 aromatic heterocycles. The second kappa shape index (κ2) is 6.95. The molecule has 1 aliphatic rings. The van der Waals surface area contributed by atoms with Crippen LogP contribution in [-0.4, -0.2) is 41.6 Å². The Morgan fingerprint density at radius 2 is 2.05 bits per heavy atom. The Balaban J connectivity index is 2.54. The van der Waals surface area contributed by atoms with Gasteiger partial charge >= 0.3 is 6.09 Å². The molecule has 2 atom stereocenters. The average Bonchev–Trinajstić information content (AvgIpc) is 2.36. The lowest BCUT2D eigenvalue weighted by Gasteiger charge is -2.33. The number of ether oxygens (including phenoxy) is 1. The van der Waals surface area contributed by atoms with Gasteiger partial charge in [0, 0.05) is 19.1 Å². The van der Waals surface area contributed by atoms with Crippen LogP contribution in [0.25, 0.3) is 0 Å². The molecule has 116 valence electrons. The third-order valence-corrected chi connectivity index (χ3v) is 3.44. The molecule has 0 radical (unpaired) electrons. The maximum atomic E-state index is 12.1. The van der Waals surface area contributed by atoms with Gasteiger partial charge in [-0.25, -0.2) is 4.79 Å². The van der Waals surface area contributed by atoms with Crippen molar-refractivity contribution in [3.8, 4) is 0 Å². The van der Waals surface area contributed by atoms with Crippen molar-refractivity contribution in [1.29, 1.82) is 0 Å². The Kier molecular flexibility index (Phi) is 5.84. The molecule has 1 fully saturated rings. The summed E-state index contributed by atoms with van der Waals surface area (Å²) in [7, 11) is 0. The fraction of sp³-hybridized carbons (Fsp3) is 0.867. The lowest BCUT2D eigenvalue weighted by Crippen LogP contribution is -2.48. The van der Waals surface area contributed by atoms with Crippen LogP contribution in [0.15, 0.2) is 0 Å². The Bertz CT molecular complexity index is 350. The summed E-state index contributed by atoms with van der Waals surface area (Å²) in [4.78, 5) is 25.8. The monoisotopic (exact) mass is 284 g/mol. The van der Waals surface area contributed by atoms with E-state index in [4.69, 9.17) is 4.74 Å². The molecule has 1 N–H and O–H groups in total. The molecular weight excluding hydrogens is 256 g/mol. The molecule has 0 aromatic carbocycles. The standard InChI is InChI=1S/C15H28N2O3/c1-6-11(2)16-13(18)12-8-7-9-17(10-12)14(19)20-15(3,4)5/h11-12H,6-10H2,1-5H3,(H,16,18)/t11-,12+/m1/s1. The van der Waals surface area contributed by atoms with Gasteiger partial charge in [0.05, 0.1) is 5.92 Å². The van der Waals surface area contributed by atoms with Crippen LogP contribution in [0.4, 0.5) is 4.79 Å². The predicted molar refractivity (Wildman–Crippen MR) is 78.4 cm³/mol. The summed E-state index contributed by atoms with van der Waals surface area (Å²) in [6.45, 7) is 10.7. The zero-order valence-corrected chi connectivity index (χ0v) is 13.4. The first kappa shape index (κ1) is 16.8. The van der Waals surface area contributed by atoms with Gasteiger partial charge < -0.3 is 15.0 Å². The molecule has 5 heteroatoms. The highest BCUT2D eigenvalue weighted by atomic mass is 16.6. The van der Waals surface area contributed by atoms with E-state index < -0.39 is 5.60 Å². The number of hydrogen-bond donors (Lipinski definition) is 1. The molecule has 0 aliphatic carbocycles. The van der Waals surface area contributed by atoms with Gasteiger partial charge in [0.2, 0.25) is 5.91 Å². The van der Waals surface area contributed by atoms with Crippen molar-refractivity contribution in [2.75, 3.05) is 13.1 Å². The molecule has 0 spiro atoms. The molecule has 0 aromatic rings. The maximum absolute atomic E-state index is 12.1. The number of carbonyl (C=O) groups is 2. The summed E-state index contributed by atoms with van der Waals surface area (Å²) < 4.78 is 5.36. The summed E-state index contributed by atoms with van der Waals surface area (Å²) in [5.74, 6) is -0.0714. The molecule has 1 aliphatic heterocycles. The predicted octanol–water partition coefficient (Wildman–Crippen LogP) is 2.55. The first-order chi connectivity index (χ1) is 9.23. The third kappa shape index (κ3) is 5.39. The molecule has 0 saturated carbocycles. The van der Waals surface area contributed by atoms with Crippen LogP contribution in [-0.2, 0) is 9.53 Å². The summed E-state index contributed by atoms with van der Waals surface area (Å²) in [5, 5.41) is 2.99. The molecule has 20 heavy (non-hydrogen) atoms. The van der Waals surface area contributed by atoms with Crippen molar-refractivity contribution in [3.05, 3.63) is 0 Å². The number of nitrogens with zero attached hydrogens (tertiary/aromatic N) is 1. The van der Waals surface area contributed by atoms with Crippen molar-refractivity contribution in [1.82, 2.24) is 10.2 Å². The number of amides is 2. The first-order valence-corrected chi connectivity index (χ1v) is 7.51. The Morgan fingerprint density at radius 1 is 1.40 bits per heavy atom. The number of nitrogens with one attached hydrogen (secondary N) is 1. The van der Waals surface area contributed by atoms with E-state index in [1.807, 2.05) is 34.6 Å². The van der Waals surface area contributed by atoms with Gasteiger partial charge in [-0.15, -0.1) is 0 Å². The second-order valence-electron chi connectivity index (χ2n) is 6.58. The van der Waals surface area contributed by atoms with Crippen LogP contribution in [0.3, 0.4) is 0 Å². The van der Waals surface area contributed by atoms with Crippen LogP contribution in [0.2, 0.25) is 0 Å². The van der Waals surface area contributed by atoms with Gasteiger partial charge in [0.15, 0.2) is 0 Å². The number of carbonyl (C=O) groups excluding carboxylic acids is 2. The molecule has 1 heterocycles. The minimum atomic E-state index is -0.497. The first-order valence-electron chi connectivity index (χ1n) is 7.51. The van der Waals surface area contributed by atoms with E-state index in [1.54, 1.807) is 4.90 Å². The zero-order valence-electron chi connectivity index (χ0n) is 13.4. The Morgan fingerprint density at radius 3 is 2.60 bits per heavy atom. The normalized spacial score (nSPS) is 21.2. The molecule has 5 nitrogen and oxygen atoms in total. The van der Waals surface area contributed by atoms with Gasteiger partial charge in [-0.05, 0) is 47.0 Å². The van der Waals surface area contributed by atoms with E-state index in [0.29, 0.717) is 13.1 Å². The summed E-state index contributed by atoms with van der Waals surface area (Å²) in [5.41, 5.74) is -0.497. The van der Waals surface area contributed by atoms with Gasteiger partial charge in [-0.2, -0.15) is 0 Å². The van der Waals surface area contributed by atoms with E-state index in [9.17, 15) is 9.59 Å². The van der Waals surface area contributed by atoms with Crippen LogP contribution in [0, 0.1) is 5.92 Å². The molecule has 1 saturated heterocycles. The number of likely N-dealkylation sites (tertiary alicyclic amines) is 1. The topological polar surface area (TPSA) is 58.6 Å². The lowest BCUT2D eigenvalue weighted by atomic mass is 9.97. The van der Waals surface area contributed by atoms with Crippen LogP contribution in [0.1, 0.15) is 53.9 Å². The number of rotatable bonds is 3. The van der Waals surface area contributed by atoms with E-state index in [-0.39, 0.29) is 24.0 Å². The molecule has 0 bridgehead atoms. The molecular formula is C15H28N2O3. The summed E-state index contributed by atoms with van der Waals surface area (Å²) >= 11 is 0. The average molecular weight is 284 g/mol. The maximum Gasteiger partial charge on any atom is 0.410 e. The smallest absolute Gasteiger partial charge is 0.410 e. The van der Waals surface area contributed by atoms with Crippen LogP contribution >= 0.6 is 0 Å². The van der Waals surface area contributed by atoms with Crippen LogP contribution < -0.4 is 5.32 Å². The second-order valence-corrected chi connectivity index (χ2v) is 6.58. The Hall–Kier alpha value is -1.26. The lowest BCUT2D eigenvalue weighted by molar-refractivity contribution is -0.127. The van der Waals surface area contributed by atoms with E-state index in [0.717, 1.165) is 19.3 Å². The highest BCUT2D eigenvalue weighted by Gasteiger charge is 2.31. The molecule has 2 amide bonds. The largest absolute Gasteiger partial charge is 0.444 e. The van der Waals surface area contributed by atoms with E-state index >= 15 is 0 Å². The van der Waals surface area contributed by atoms with Crippen molar-refractivity contribution < 1.29 is 14.3 Å². The highest BCUT2D eigenvalue weighted by molar-refractivity contribution is 5.80. The van der Waals surface area contributed by atoms with E-state index in [2.05, 4.69) is 5.32 Å². The highest BCUT2D eigenvalue weighted by Crippen LogP contribution is 2.19. The van der Waals surface area contributed by atoms with Crippen molar-refractivity contribution in [3.63, 3.8) is 0 Å². The van der Waals surface area contributed by atoms with Gasteiger partial charge in [0.25, 0.3) is 0 Å². The minimum absolute atomic E-state index is 0.0487. The van der Waals surface area contributed by atoms with Gasteiger partial charge in [-0.3, -0.25) is 4.79 Å². The Labute approximate surface area is 122 Å². The fourth-order valence-corrected chi connectivity index (χ4v) is 2.15. The quantitative estimate of drug-likeness (QED) is 0.866. The SMILES string of the molecule is CC[C@@H](C)NC(=O)[C@H]1CCCN(C(=O)OC(C)(C)C)C1.